The Kier molecular flexibility index (Phi) is 3.42. The van der Waals surface area contributed by atoms with Gasteiger partial charge in [0.1, 0.15) is 0 Å². The minimum atomic E-state index is -1.25. The highest BCUT2D eigenvalue weighted by Crippen LogP contribution is 1.98. The maximum Gasteiger partial charge on any atom is 0.237 e. The lowest BCUT2D eigenvalue weighted by atomic mass is 10.1. The van der Waals surface area contributed by atoms with Gasteiger partial charge in [0.25, 0.3) is 0 Å². The van der Waals surface area contributed by atoms with Crippen LogP contribution in [-0.2, 0) is 9.59 Å². The molecule has 0 aliphatic rings. The summed E-state index contributed by atoms with van der Waals surface area (Å²) in [4.78, 5) is 20.4. The highest BCUT2D eigenvalue weighted by atomic mass is 16.4. The monoisotopic (exact) mass is 145 g/mol. The molecule has 0 aromatic carbocycles. The second-order valence-electron chi connectivity index (χ2n) is 1.99. The van der Waals surface area contributed by atoms with Gasteiger partial charge >= 0.3 is 0 Å². The van der Waals surface area contributed by atoms with Crippen LogP contribution in [0.1, 0.15) is 13.3 Å². The predicted molar refractivity (Wildman–Crippen MR) is 31.1 cm³/mol. The van der Waals surface area contributed by atoms with Crippen LogP contribution in [0.25, 0.3) is 0 Å². The van der Waals surface area contributed by atoms with Crippen molar-refractivity contribution in [1.82, 2.24) is 5.43 Å². The van der Waals surface area contributed by atoms with E-state index in [9.17, 15) is 14.7 Å². The molecule has 0 aliphatic heterocycles. The SMILES string of the molecule is CC(CC(=O)[O-])C(=O)NN. The van der Waals surface area contributed by atoms with E-state index in [4.69, 9.17) is 5.84 Å². The summed E-state index contributed by atoms with van der Waals surface area (Å²) in [5.41, 5.74) is 1.84. The molecule has 0 saturated heterocycles. The summed E-state index contributed by atoms with van der Waals surface area (Å²) in [6.45, 7) is 1.46. The van der Waals surface area contributed by atoms with Crippen molar-refractivity contribution < 1.29 is 14.7 Å². The number of aliphatic carboxylic acids is 1. The van der Waals surface area contributed by atoms with E-state index in [2.05, 4.69) is 0 Å². The van der Waals surface area contributed by atoms with E-state index < -0.39 is 17.8 Å². The third-order valence-corrected chi connectivity index (χ3v) is 1.06. The molecule has 0 fully saturated rings. The first kappa shape index (κ1) is 8.90. The first-order valence-corrected chi connectivity index (χ1v) is 2.78. The zero-order valence-electron chi connectivity index (χ0n) is 5.59. The van der Waals surface area contributed by atoms with E-state index in [0.29, 0.717) is 0 Å². The van der Waals surface area contributed by atoms with Crippen molar-refractivity contribution in [2.75, 3.05) is 0 Å². The number of nitrogens with two attached hydrogens (primary N) is 1. The maximum atomic E-state index is 10.5. The Bertz CT molecular complexity index is 146. The summed E-state index contributed by atoms with van der Waals surface area (Å²) in [7, 11) is 0. The molecule has 5 nitrogen and oxygen atoms in total. The molecule has 1 atom stereocenters. The highest BCUT2D eigenvalue weighted by molar-refractivity contribution is 5.81. The van der Waals surface area contributed by atoms with E-state index in [-0.39, 0.29) is 6.42 Å². The van der Waals surface area contributed by atoms with Gasteiger partial charge in [-0.15, -0.1) is 0 Å². The molecule has 5 heteroatoms. The summed E-state index contributed by atoms with van der Waals surface area (Å²) in [6.07, 6.45) is -0.303. The molecule has 1 unspecified atom stereocenters. The van der Waals surface area contributed by atoms with Gasteiger partial charge in [-0.3, -0.25) is 10.2 Å². The minimum absolute atomic E-state index is 0.303. The van der Waals surface area contributed by atoms with Crippen LogP contribution in [0.4, 0.5) is 0 Å². The Labute approximate surface area is 58.2 Å². The predicted octanol–water partition coefficient (Wildman–Crippen LogP) is -2.25. The summed E-state index contributed by atoms with van der Waals surface area (Å²) in [5.74, 6) is 2.36. The van der Waals surface area contributed by atoms with Gasteiger partial charge in [-0.05, 0) is 6.42 Å². The van der Waals surface area contributed by atoms with Crippen LogP contribution < -0.4 is 16.4 Å². The molecule has 0 aromatic heterocycles. The molecule has 0 heterocycles. The van der Waals surface area contributed by atoms with E-state index in [1.54, 1.807) is 0 Å². The number of amides is 1. The quantitative estimate of drug-likeness (QED) is 0.266. The Morgan fingerprint density at radius 3 is 2.50 bits per heavy atom. The lowest BCUT2D eigenvalue weighted by Crippen LogP contribution is -2.37. The number of hydrogen-bond donors (Lipinski definition) is 2. The van der Waals surface area contributed by atoms with Gasteiger partial charge in [-0.1, -0.05) is 6.92 Å². The lowest BCUT2D eigenvalue weighted by molar-refractivity contribution is -0.306. The molecule has 0 aromatic rings. The highest BCUT2D eigenvalue weighted by Gasteiger charge is 2.10. The van der Waals surface area contributed by atoms with Crippen molar-refractivity contribution in [2.24, 2.45) is 11.8 Å². The zero-order chi connectivity index (χ0) is 8.15. The van der Waals surface area contributed by atoms with E-state index >= 15 is 0 Å². The molecule has 0 aliphatic carbocycles. The number of carbonyl (C=O) groups excluding carboxylic acids is 2. The first-order chi connectivity index (χ1) is 4.57. The third kappa shape index (κ3) is 3.03. The molecule has 0 rings (SSSR count). The fourth-order valence-corrected chi connectivity index (χ4v) is 0.485. The summed E-state index contributed by atoms with van der Waals surface area (Å²) in [5, 5.41) is 9.90. The first-order valence-electron chi connectivity index (χ1n) is 2.78. The minimum Gasteiger partial charge on any atom is -0.550 e. The second-order valence-corrected chi connectivity index (χ2v) is 1.99. The van der Waals surface area contributed by atoms with Gasteiger partial charge in [0.2, 0.25) is 5.91 Å². The van der Waals surface area contributed by atoms with Gasteiger partial charge in [0.15, 0.2) is 0 Å². The van der Waals surface area contributed by atoms with Crippen molar-refractivity contribution >= 4 is 11.9 Å². The van der Waals surface area contributed by atoms with Crippen LogP contribution in [0.5, 0.6) is 0 Å². The molecule has 0 spiro atoms. The van der Waals surface area contributed by atoms with Gasteiger partial charge in [-0.25, -0.2) is 5.84 Å². The molecular formula is C5H9N2O3-. The van der Waals surface area contributed by atoms with E-state index in [1.165, 1.54) is 6.92 Å². The number of rotatable bonds is 3. The maximum absolute atomic E-state index is 10.5. The fourth-order valence-electron chi connectivity index (χ4n) is 0.485. The van der Waals surface area contributed by atoms with Crippen LogP contribution in [0.15, 0.2) is 0 Å². The number of carbonyl (C=O) groups is 2. The third-order valence-electron chi connectivity index (χ3n) is 1.06. The molecule has 0 saturated carbocycles. The summed E-state index contributed by atoms with van der Waals surface area (Å²) < 4.78 is 0. The molecule has 58 valence electrons. The zero-order valence-corrected chi connectivity index (χ0v) is 5.59. The molecule has 10 heavy (non-hydrogen) atoms. The lowest BCUT2D eigenvalue weighted by Gasteiger charge is -2.08. The van der Waals surface area contributed by atoms with E-state index in [1.807, 2.05) is 5.43 Å². The largest absolute Gasteiger partial charge is 0.550 e. The number of carboxylic acid groups (broad SMARTS) is 1. The topological polar surface area (TPSA) is 95.2 Å². The number of hydrazine groups is 1. The van der Waals surface area contributed by atoms with Crippen molar-refractivity contribution in [3.05, 3.63) is 0 Å². The van der Waals surface area contributed by atoms with Crippen LogP contribution in [-0.4, -0.2) is 11.9 Å². The second kappa shape index (κ2) is 3.84. The van der Waals surface area contributed by atoms with E-state index in [0.717, 1.165) is 0 Å². The van der Waals surface area contributed by atoms with Gasteiger partial charge < -0.3 is 9.90 Å². The standard InChI is InChI=1S/C5H10N2O3/c1-3(2-4(8)9)5(10)7-6/h3H,2,6H2,1H3,(H,7,10)(H,8,9)/p-1. The Morgan fingerprint density at radius 2 is 2.20 bits per heavy atom. The molecule has 0 bridgehead atoms. The fraction of sp³-hybridized carbons (Fsp3) is 0.600. The molecule has 0 radical (unpaired) electrons. The van der Waals surface area contributed by atoms with Gasteiger partial charge in [-0.2, -0.15) is 0 Å². The van der Waals surface area contributed by atoms with Gasteiger partial charge in [0.05, 0.1) is 0 Å². The summed E-state index contributed by atoms with van der Waals surface area (Å²) >= 11 is 0. The van der Waals surface area contributed by atoms with Crippen LogP contribution in [0.2, 0.25) is 0 Å². The van der Waals surface area contributed by atoms with Crippen LogP contribution >= 0.6 is 0 Å². The van der Waals surface area contributed by atoms with Crippen LogP contribution in [0, 0.1) is 5.92 Å². The Balaban J connectivity index is 3.72. The Morgan fingerprint density at radius 1 is 1.70 bits per heavy atom. The van der Waals surface area contributed by atoms with Crippen LogP contribution in [0.3, 0.4) is 0 Å². The van der Waals surface area contributed by atoms with Crippen molar-refractivity contribution in [3.63, 3.8) is 0 Å². The van der Waals surface area contributed by atoms with Gasteiger partial charge in [0, 0.05) is 11.9 Å². The van der Waals surface area contributed by atoms with Crippen molar-refractivity contribution in [3.8, 4) is 0 Å². The average molecular weight is 145 g/mol. The summed E-state index contributed by atoms with van der Waals surface area (Å²) in [6, 6.07) is 0. The number of carboxylic acids is 1. The Hall–Kier alpha value is -1.10. The molecule has 3 N–H and O–H groups in total. The molecule has 1 amide bonds. The average Bonchev–Trinajstić information content (AvgIpc) is 1.85. The smallest absolute Gasteiger partial charge is 0.237 e. The number of hydrogen-bond acceptors (Lipinski definition) is 4. The normalized spacial score (nSPS) is 12.2. The molecular weight excluding hydrogens is 136 g/mol. The number of nitrogens with one attached hydrogen (secondary N) is 1. The van der Waals surface area contributed by atoms with Crippen molar-refractivity contribution in [1.29, 1.82) is 0 Å². The van der Waals surface area contributed by atoms with Crippen molar-refractivity contribution in [2.45, 2.75) is 13.3 Å².